The highest BCUT2D eigenvalue weighted by Crippen LogP contribution is 2.09. The standard InChI is InChI=1S/C8H14O3.C3H6O3/c1-2-3-4-8(9)11-6-7-5-10-7;1-2(4)3(5)6/h7H,2-6H2,1H3;2,4H,1H3,(H,5,6). The summed E-state index contributed by atoms with van der Waals surface area (Å²) in [5.41, 5.74) is 0. The van der Waals surface area contributed by atoms with Crippen molar-refractivity contribution in [2.75, 3.05) is 13.2 Å². The van der Waals surface area contributed by atoms with Crippen LogP contribution in [0.2, 0.25) is 0 Å². The van der Waals surface area contributed by atoms with Gasteiger partial charge in [-0.2, -0.15) is 0 Å². The summed E-state index contributed by atoms with van der Waals surface area (Å²) in [6.07, 6.45) is 1.47. The summed E-state index contributed by atoms with van der Waals surface area (Å²) >= 11 is 0. The van der Waals surface area contributed by atoms with Crippen LogP contribution >= 0.6 is 0 Å². The molecule has 0 aliphatic carbocycles. The molecule has 0 spiro atoms. The second-order valence-corrected chi connectivity index (χ2v) is 3.76. The molecule has 0 aromatic carbocycles. The minimum Gasteiger partial charge on any atom is -0.479 e. The molecule has 0 radical (unpaired) electrons. The van der Waals surface area contributed by atoms with E-state index in [9.17, 15) is 9.59 Å². The van der Waals surface area contributed by atoms with Gasteiger partial charge in [0.25, 0.3) is 0 Å². The van der Waals surface area contributed by atoms with Gasteiger partial charge in [-0.15, -0.1) is 0 Å². The lowest BCUT2D eigenvalue weighted by atomic mass is 10.2. The van der Waals surface area contributed by atoms with E-state index in [0.717, 1.165) is 19.4 Å². The van der Waals surface area contributed by atoms with Gasteiger partial charge >= 0.3 is 11.9 Å². The molecule has 1 heterocycles. The maximum atomic E-state index is 10.9. The average Bonchev–Trinajstić information content (AvgIpc) is 3.08. The first-order chi connectivity index (χ1) is 7.97. The highest BCUT2D eigenvalue weighted by atomic mass is 16.6. The molecule has 100 valence electrons. The Morgan fingerprint density at radius 2 is 2.06 bits per heavy atom. The molecular weight excluding hydrogens is 228 g/mol. The molecule has 0 amide bonds. The second-order valence-electron chi connectivity index (χ2n) is 3.76. The summed E-state index contributed by atoms with van der Waals surface area (Å²) < 4.78 is 9.79. The zero-order valence-electron chi connectivity index (χ0n) is 10.2. The number of ether oxygens (including phenoxy) is 2. The highest BCUT2D eigenvalue weighted by Gasteiger charge is 2.23. The van der Waals surface area contributed by atoms with Crippen molar-refractivity contribution in [3.63, 3.8) is 0 Å². The number of hydrogen-bond acceptors (Lipinski definition) is 5. The summed E-state index contributed by atoms with van der Waals surface area (Å²) in [5.74, 6) is -1.28. The molecule has 0 bridgehead atoms. The van der Waals surface area contributed by atoms with E-state index in [1.807, 2.05) is 0 Å². The first kappa shape index (κ1) is 15.9. The first-order valence-electron chi connectivity index (χ1n) is 5.65. The molecule has 6 nitrogen and oxygen atoms in total. The third-order valence-electron chi connectivity index (χ3n) is 1.92. The van der Waals surface area contributed by atoms with Crippen LogP contribution in [0, 0.1) is 0 Å². The number of carboxylic acid groups (broad SMARTS) is 1. The lowest BCUT2D eigenvalue weighted by molar-refractivity contribution is -0.145. The number of unbranched alkanes of at least 4 members (excludes halogenated alkanes) is 1. The Hall–Kier alpha value is -1.14. The van der Waals surface area contributed by atoms with Gasteiger partial charge in [0.2, 0.25) is 0 Å². The largest absolute Gasteiger partial charge is 0.479 e. The first-order valence-corrected chi connectivity index (χ1v) is 5.65. The van der Waals surface area contributed by atoms with Crippen LogP contribution in [-0.4, -0.2) is 47.6 Å². The van der Waals surface area contributed by atoms with Crippen molar-refractivity contribution in [3.05, 3.63) is 0 Å². The third kappa shape index (κ3) is 11.1. The number of hydrogen-bond donors (Lipinski definition) is 2. The van der Waals surface area contributed by atoms with Crippen LogP contribution in [0.5, 0.6) is 0 Å². The topological polar surface area (TPSA) is 96.4 Å². The molecule has 1 rings (SSSR count). The Bertz CT molecular complexity index is 234. The van der Waals surface area contributed by atoms with E-state index in [4.69, 9.17) is 19.7 Å². The number of esters is 1. The van der Waals surface area contributed by atoms with E-state index >= 15 is 0 Å². The zero-order chi connectivity index (χ0) is 13.3. The van der Waals surface area contributed by atoms with Gasteiger partial charge in [-0.3, -0.25) is 4.79 Å². The van der Waals surface area contributed by atoms with E-state index in [1.165, 1.54) is 6.92 Å². The van der Waals surface area contributed by atoms with Gasteiger partial charge in [0.05, 0.1) is 6.61 Å². The normalized spacial score (nSPS) is 18.6. The minimum absolute atomic E-state index is 0.0950. The smallest absolute Gasteiger partial charge is 0.332 e. The maximum Gasteiger partial charge on any atom is 0.332 e. The molecule has 1 saturated heterocycles. The monoisotopic (exact) mass is 248 g/mol. The fourth-order valence-electron chi connectivity index (χ4n) is 0.743. The Morgan fingerprint density at radius 1 is 1.53 bits per heavy atom. The number of epoxide rings is 1. The van der Waals surface area contributed by atoms with Crippen LogP contribution in [-0.2, 0) is 19.1 Å². The van der Waals surface area contributed by atoms with E-state index < -0.39 is 12.1 Å². The van der Waals surface area contributed by atoms with Crippen LogP contribution in [0.3, 0.4) is 0 Å². The van der Waals surface area contributed by atoms with Gasteiger partial charge in [0.1, 0.15) is 18.8 Å². The van der Waals surface area contributed by atoms with Crippen LogP contribution < -0.4 is 0 Å². The van der Waals surface area contributed by atoms with Crippen molar-refractivity contribution >= 4 is 11.9 Å². The molecule has 0 saturated carbocycles. The van der Waals surface area contributed by atoms with Crippen molar-refractivity contribution in [1.29, 1.82) is 0 Å². The number of rotatable bonds is 6. The lowest BCUT2D eigenvalue weighted by Gasteiger charge is -2.00. The van der Waals surface area contributed by atoms with Gasteiger partial charge in [-0.1, -0.05) is 13.3 Å². The zero-order valence-corrected chi connectivity index (χ0v) is 10.2. The number of aliphatic hydroxyl groups excluding tert-OH is 1. The Kier molecular flexibility index (Phi) is 8.35. The Morgan fingerprint density at radius 3 is 2.41 bits per heavy atom. The molecule has 1 aliphatic rings. The van der Waals surface area contributed by atoms with Gasteiger partial charge in [-0.25, -0.2) is 4.79 Å². The number of aliphatic hydroxyl groups is 1. The van der Waals surface area contributed by atoms with Crippen molar-refractivity contribution in [2.45, 2.75) is 45.3 Å². The number of carbonyl (C=O) groups is 2. The molecule has 1 fully saturated rings. The van der Waals surface area contributed by atoms with Gasteiger partial charge in [0.15, 0.2) is 0 Å². The molecule has 2 atom stereocenters. The second kappa shape index (κ2) is 8.95. The molecule has 1 aliphatic heterocycles. The van der Waals surface area contributed by atoms with Gasteiger partial charge in [0, 0.05) is 6.42 Å². The molecular formula is C11H20O6. The molecule has 0 aromatic heterocycles. The quantitative estimate of drug-likeness (QED) is 0.527. The SMILES string of the molecule is CC(O)C(=O)O.CCCCC(=O)OCC1CO1. The van der Waals surface area contributed by atoms with Crippen molar-refractivity contribution in [3.8, 4) is 0 Å². The summed E-state index contributed by atoms with van der Waals surface area (Å²) in [5, 5.41) is 15.8. The lowest BCUT2D eigenvalue weighted by Crippen LogP contribution is -2.13. The van der Waals surface area contributed by atoms with E-state index in [2.05, 4.69) is 6.92 Å². The predicted molar refractivity (Wildman–Crippen MR) is 59.5 cm³/mol. The molecule has 2 N–H and O–H groups in total. The van der Waals surface area contributed by atoms with E-state index in [1.54, 1.807) is 0 Å². The third-order valence-corrected chi connectivity index (χ3v) is 1.92. The molecule has 6 heteroatoms. The van der Waals surface area contributed by atoms with Crippen molar-refractivity contribution in [1.82, 2.24) is 0 Å². The van der Waals surface area contributed by atoms with Crippen molar-refractivity contribution < 1.29 is 29.3 Å². The number of aliphatic carboxylic acids is 1. The average molecular weight is 248 g/mol. The van der Waals surface area contributed by atoms with Gasteiger partial charge in [-0.05, 0) is 13.3 Å². The molecule has 0 aromatic rings. The number of carboxylic acids is 1. The Balaban J connectivity index is 0.000000366. The van der Waals surface area contributed by atoms with Gasteiger partial charge < -0.3 is 19.7 Å². The van der Waals surface area contributed by atoms with Crippen LogP contribution in [0.25, 0.3) is 0 Å². The fraction of sp³-hybridized carbons (Fsp3) is 0.818. The Labute approximate surface area is 101 Å². The minimum atomic E-state index is -1.23. The predicted octanol–water partition coefficient (Wildman–Crippen LogP) is 0.570. The van der Waals surface area contributed by atoms with E-state index in [-0.39, 0.29) is 12.1 Å². The van der Waals surface area contributed by atoms with E-state index in [0.29, 0.717) is 13.0 Å². The number of carbonyl (C=O) groups excluding carboxylic acids is 1. The summed E-state index contributed by atoms with van der Waals surface area (Å²) in [6.45, 7) is 4.45. The summed E-state index contributed by atoms with van der Waals surface area (Å²) in [4.78, 5) is 20.3. The molecule has 2 unspecified atom stereocenters. The maximum absolute atomic E-state index is 10.9. The van der Waals surface area contributed by atoms with Crippen molar-refractivity contribution in [2.24, 2.45) is 0 Å². The van der Waals surface area contributed by atoms with Crippen LogP contribution in [0.1, 0.15) is 33.1 Å². The van der Waals surface area contributed by atoms with Crippen LogP contribution in [0.4, 0.5) is 0 Å². The highest BCUT2D eigenvalue weighted by molar-refractivity contribution is 5.71. The fourth-order valence-corrected chi connectivity index (χ4v) is 0.743. The summed E-state index contributed by atoms with van der Waals surface area (Å²) in [6, 6.07) is 0. The van der Waals surface area contributed by atoms with Crippen LogP contribution in [0.15, 0.2) is 0 Å². The molecule has 17 heavy (non-hydrogen) atoms. The summed E-state index contributed by atoms with van der Waals surface area (Å²) in [7, 11) is 0.